The molecule has 6 rings (SSSR count). The molecular weight excluding hydrogens is 504 g/mol. The van der Waals surface area contributed by atoms with E-state index >= 15 is 0 Å². The van der Waals surface area contributed by atoms with Crippen LogP contribution in [-0.4, -0.2) is 42.5 Å². The highest BCUT2D eigenvalue weighted by atomic mass is 16.5. The number of amides is 1. The first-order chi connectivity index (χ1) is 19.4. The van der Waals surface area contributed by atoms with Crippen LogP contribution in [0.4, 0.5) is 5.69 Å². The maximum Gasteiger partial charge on any atom is 0.293 e. The smallest absolute Gasteiger partial charge is 0.293 e. The Morgan fingerprint density at radius 2 is 1.85 bits per heavy atom. The first kappa shape index (κ1) is 27.7. The molecule has 8 heteroatoms. The minimum atomic E-state index is -0.102. The van der Waals surface area contributed by atoms with E-state index in [0.717, 1.165) is 64.8 Å². The lowest BCUT2D eigenvalue weighted by Crippen LogP contribution is -2.20. The summed E-state index contributed by atoms with van der Waals surface area (Å²) in [6.07, 6.45) is 7.91. The molecule has 3 aliphatic carbocycles. The van der Waals surface area contributed by atoms with E-state index in [-0.39, 0.29) is 17.9 Å². The molecule has 1 amide bonds. The fourth-order valence-electron chi connectivity index (χ4n) is 5.27. The molecule has 3 N–H and O–H groups in total. The van der Waals surface area contributed by atoms with Crippen LogP contribution in [0.1, 0.15) is 70.4 Å². The zero-order chi connectivity index (χ0) is 28.2. The van der Waals surface area contributed by atoms with E-state index in [2.05, 4.69) is 56.0 Å². The summed E-state index contributed by atoms with van der Waals surface area (Å²) in [7, 11) is 1.91. The van der Waals surface area contributed by atoms with Crippen molar-refractivity contribution in [3.05, 3.63) is 48.0 Å². The van der Waals surface area contributed by atoms with Gasteiger partial charge in [-0.1, -0.05) is 12.1 Å². The number of hydrogen-bond acceptors (Lipinski definition) is 5. The number of benzene rings is 2. The SMILES string of the molecule is CC(OC=O)C1CC1.CCOc1ccc2c(C(N)=NC(=O)C3CC3)c(-c3ccc(NC)cc3)n(C3CCC3)c2c1. The van der Waals surface area contributed by atoms with Gasteiger partial charge in [-0.05, 0) is 94.5 Å². The van der Waals surface area contributed by atoms with E-state index in [9.17, 15) is 9.59 Å². The van der Waals surface area contributed by atoms with Gasteiger partial charge in [-0.3, -0.25) is 9.59 Å². The van der Waals surface area contributed by atoms with Gasteiger partial charge in [0.25, 0.3) is 12.4 Å². The van der Waals surface area contributed by atoms with Crippen LogP contribution in [0.3, 0.4) is 0 Å². The van der Waals surface area contributed by atoms with E-state index in [0.29, 0.717) is 30.9 Å². The van der Waals surface area contributed by atoms with Crippen molar-refractivity contribution in [3.8, 4) is 17.0 Å². The lowest BCUT2D eigenvalue weighted by Gasteiger charge is -2.30. The first-order valence-corrected chi connectivity index (χ1v) is 14.5. The molecule has 1 unspecified atom stereocenters. The predicted molar refractivity (Wildman–Crippen MR) is 159 cm³/mol. The van der Waals surface area contributed by atoms with Crippen LogP contribution in [0.15, 0.2) is 47.5 Å². The number of nitrogens with one attached hydrogen (secondary N) is 1. The van der Waals surface area contributed by atoms with Crippen molar-refractivity contribution in [3.63, 3.8) is 0 Å². The number of hydrogen-bond donors (Lipinski definition) is 2. The van der Waals surface area contributed by atoms with Crippen molar-refractivity contribution in [2.45, 2.75) is 70.9 Å². The lowest BCUT2D eigenvalue weighted by atomic mass is 9.92. The number of aliphatic imine (C=N–C) groups is 1. The molecule has 40 heavy (non-hydrogen) atoms. The maximum absolute atomic E-state index is 12.5. The quantitative estimate of drug-likeness (QED) is 0.182. The van der Waals surface area contributed by atoms with E-state index in [1.165, 1.54) is 19.3 Å². The van der Waals surface area contributed by atoms with Gasteiger partial charge in [-0.15, -0.1) is 0 Å². The molecule has 3 aromatic rings. The van der Waals surface area contributed by atoms with Gasteiger partial charge in [0.2, 0.25) is 0 Å². The van der Waals surface area contributed by atoms with E-state index < -0.39 is 0 Å². The highest BCUT2D eigenvalue weighted by Crippen LogP contribution is 2.44. The summed E-state index contributed by atoms with van der Waals surface area (Å²) in [6, 6.07) is 14.9. The minimum Gasteiger partial charge on any atom is -0.494 e. The van der Waals surface area contributed by atoms with Crippen molar-refractivity contribution in [1.82, 2.24) is 4.57 Å². The summed E-state index contributed by atoms with van der Waals surface area (Å²) in [5.74, 6) is 1.75. The topological polar surface area (TPSA) is 108 Å². The van der Waals surface area contributed by atoms with Crippen molar-refractivity contribution in [2.24, 2.45) is 22.6 Å². The Labute approximate surface area is 235 Å². The molecular formula is C32H40N4O4. The second kappa shape index (κ2) is 12.1. The van der Waals surface area contributed by atoms with E-state index in [1.54, 1.807) is 0 Å². The number of aromatic nitrogens is 1. The predicted octanol–water partition coefficient (Wildman–Crippen LogP) is 6.07. The van der Waals surface area contributed by atoms with Crippen LogP contribution in [0.2, 0.25) is 0 Å². The summed E-state index contributed by atoms with van der Waals surface area (Å²) in [5.41, 5.74) is 11.6. The first-order valence-electron chi connectivity index (χ1n) is 14.5. The largest absolute Gasteiger partial charge is 0.494 e. The molecule has 1 aromatic heterocycles. The maximum atomic E-state index is 12.5. The number of rotatable bonds is 10. The molecule has 1 heterocycles. The molecule has 3 saturated carbocycles. The lowest BCUT2D eigenvalue weighted by molar-refractivity contribution is -0.133. The van der Waals surface area contributed by atoms with Crippen LogP contribution >= 0.6 is 0 Å². The monoisotopic (exact) mass is 544 g/mol. The Kier molecular flexibility index (Phi) is 8.43. The number of nitrogens with zero attached hydrogens (tertiary/aromatic N) is 2. The van der Waals surface area contributed by atoms with Gasteiger partial charge in [-0.25, -0.2) is 0 Å². The highest BCUT2D eigenvalue weighted by molar-refractivity contribution is 6.17. The molecule has 1 atom stereocenters. The summed E-state index contributed by atoms with van der Waals surface area (Å²) >= 11 is 0. The minimum absolute atomic E-state index is 0.0384. The Hall–Kier alpha value is -3.81. The summed E-state index contributed by atoms with van der Waals surface area (Å²) in [5, 5.41) is 4.19. The molecule has 0 saturated heterocycles. The summed E-state index contributed by atoms with van der Waals surface area (Å²) in [4.78, 5) is 26.6. The zero-order valence-electron chi connectivity index (χ0n) is 23.7. The van der Waals surface area contributed by atoms with Crippen LogP contribution in [0.5, 0.6) is 5.75 Å². The van der Waals surface area contributed by atoms with Gasteiger partial charge in [0.1, 0.15) is 17.7 Å². The number of nitrogens with two attached hydrogens (primary N) is 1. The van der Waals surface area contributed by atoms with E-state index in [1.807, 2.05) is 27.0 Å². The second-order valence-corrected chi connectivity index (χ2v) is 11.0. The third kappa shape index (κ3) is 6.01. The van der Waals surface area contributed by atoms with Crippen molar-refractivity contribution in [2.75, 3.05) is 19.0 Å². The fourth-order valence-corrected chi connectivity index (χ4v) is 5.27. The summed E-state index contributed by atoms with van der Waals surface area (Å²) in [6.45, 7) is 5.07. The molecule has 3 fully saturated rings. The number of fused-ring (bicyclic) bond motifs is 1. The number of amidine groups is 1. The van der Waals surface area contributed by atoms with Gasteiger partial charge in [0.15, 0.2) is 0 Å². The van der Waals surface area contributed by atoms with Crippen molar-refractivity contribution >= 4 is 34.8 Å². The Morgan fingerprint density at radius 3 is 2.40 bits per heavy atom. The normalized spacial score (nSPS) is 17.8. The molecule has 0 bridgehead atoms. The average molecular weight is 545 g/mol. The third-order valence-corrected chi connectivity index (χ3v) is 8.14. The van der Waals surface area contributed by atoms with Crippen molar-refractivity contribution < 1.29 is 19.1 Å². The Balaban J connectivity index is 0.000000348. The van der Waals surface area contributed by atoms with Crippen molar-refractivity contribution in [1.29, 1.82) is 0 Å². The van der Waals surface area contributed by atoms with Gasteiger partial charge in [0.05, 0.1) is 23.4 Å². The van der Waals surface area contributed by atoms with Gasteiger partial charge < -0.3 is 25.1 Å². The molecule has 0 radical (unpaired) electrons. The zero-order valence-corrected chi connectivity index (χ0v) is 23.7. The molecule has 0 aliphatic heterocycles. The number of anilines is 1. The van der Waals surface area contributed by atoms with Crippen LogP contribution in [0.25, 0.3) is 22.2 Å². The summed E-state index contributed by atoms with van der Waals surface area (Å²) < 4.78 is 12.9. The number of ether oxygens (including phenoxy) is 2. The van der Waals surface area contributed by atoms with Gasteiger partial charge in [0, 0.05) is 36.1 Å². The molecule has 2 aromatic carbocycles. The number of carbonyl (C=O) groups is 2. The van der Waals surface area contributed by atoms with Gasteiger partial charge >= 0.3 is 0 Å². The fraction of sp³-hybridized carbons (Fsp3) is 0.469. The molecule has 0 spiro atoms. The highest BCUT2D eigenvalue weighted by Gasteiger charge is 2.32. The third-order valence-electron chi connectivity index (χ3n) is 8.14. The van der Waals surface area contributed by atoms with E-state index in [4.69, 9.17) is 10.5 Å². The standard InChI is InChI=1S/C26H30N4O2.C6H10O2/c1-3-32-20-13-14-21-22(15-20)30(19-5-4-6-19)24(16-9-11-18(28-2)12-10-16)23(21)25(27)29-26(31)17-7-8-17;1-5(8-4-7)6-2-3-6/h9-15,17,19,28H,3-8H2,1-2H3,(H2,27,29,31);4-6H,2-3H2,1H3. The average Bonchev–Trinajstić information content (AvgIpc) is 3.85. The molecule has 3 aliphatic rings. The van der Waals surface area contributed by atoms with Gasteiger partial charge in [-0.2, -0.15) is 4.99 Å². The van der Waals surface area contributed by atoms with Crippen LogP contribution < -0.4 is 15.8 Å². The second-order valence-electron chi connectivity index (χ2n) is 11.0. The Bertz CT molecular complexity index is 1380. The molecule has 8 nitrogen and oxygen atoms in total. The molecule has 212 valence electrons. The van der Waals surface area contributed by atoms with Crippen LogP contribution in [0, 0.1) is 11.8 Å². The van der Waals surface area contributed by atoms with Crippen LogP contribution in [-0.2, 0) is 14.3 Å². The number of carbonyl (C=O) groups excluding carboxylic acids is 2. The Morgan fingerprint density at radius 1 is 1.12 bits per heavy atom.